The van der Waals surface area contributed by atoms with Gasteiger partial charge in [-0.15, -0.1) is 0 Å². The first-order valence-electron chi connectivity index (χ1n) is 5.45. The summed E-state index contributed by atoms with van der Waals surface area (Å²) >= 11 is 0. The molecule has 3 nitrogen and oxygen atoms in total. The molecule has 1 atom stereocenters. The standard InChI is InChI=1S/C13H21NO2/c1-13(2,3)12-9(10(14)8-15)6-5-7-11(12)16-4/h5-7,10,15H,8,14H2,1-4H3. The number of benzene rings is 1. The number of hydrogen-bond donors (Lipinski definition) is 2. The highest BCUT2D eigenvalue weighted by molar-refractivity contribution is 5.46. The van der Waals surface area contributed by atoms with Gasteiger partial charge in [0.1, 0.15) is 5.75 Å². The molecule has 0 heterocycles. The molecule has 0 fully saturated rings. The highest BCUT2D eigenvalue weighted by Crippen LogP contribution is 2.36. The third-order valence-electron chi connectivity index (χ3n) is 2.62. The van der Waals surface area contributed by atoms with Crippen molar-refractivity contribution in [1.82, 2.24) is 0 Å². The Labute approximate surface area is 97.2 Å². The summed E-state index contributed by atoms with van der Waals surface area (Å²) in [4.78, 5) is 0. The van der Waals surface area contributed by atoms with Crippen molar-refractivity contribution < 1.29 is 9.84 Å². The van der Waals surface area contributed by atoms with Crippen LogP contribution < -0.4 is 10.5 Å². The highest BCUT2D eigenvalue weighted by Gasteiger charge is 2.24. The second kappa shape index (κ2) is 4.85. The van der Waals surface area contributed by atoms with E-state index < -0.39 is 0 Å². The first-order valence-corrected chi connectivity index (χ1v) is 5.45. The summed E-state index contributed by atoms with van der Waals surface area (Å²) in [6, 6.07) is 5.42. The van der Waals surface area contributed by atoms with Gasteiger partial charge in [-0.25, -0.2) is 0 Å². The van der Waals surface area contributed by atoms with Crippen LogP contribution in [0.4, 0.5) is 0 Å². The fourth-order valence-electron chi connectivity index (χ4n) is 1.93. The number of aliphatic hydroxyl groups excluding tert-OH is 1. The first kappa shape index (κ1) is 13.0. The lowest BCUT2D eigenvalue weighted by molar-refractivity contribution is 0.266. The molecule has 90 valence electrons. The Hall–Kier alpha value is -1.06. The summed E-state index contributed by atoms with van der Waals surface area (Å²) in [5, 5.41) is 9.18. The van der Waals surface area contributed by atoms with Gasteiger partial charge in [0.2, 0.25) is 0 Å². The van der Waals surface area contributed by atoms with E-state index in [2.05, 4.69) is 20.8 Å². The van der Waals surface area contributed by atoms with E-state index in [1.54, 1.807) is 7.11 Å². The molecule has 0 aliphatic rings. The molecule has 0 saturated carbocycles. The smallest absolute Gasteiger partial charge is 0.122 e. The van der Waals surface area contributed by atoms with E-state index in [-0.39, 0.29) is 18.1 Å². The van der Waals surface area contributed by atoms with E-state index in [0.717, 1.165) is 16.9 Å². The number of aliphatic hydroxyl groups is 1. The lowest BCUT2D eigenvalue weighted by Gasteiger charge is -2.27. The Morgan fingerprint density at radius 3 is 2.44 bits per heavy atom. The predicted octanol–water partition coefficient (Wildman–Crippen LogP) is 1.98. The molecule has 1 aromatic rings. The van der Waals surface area contributed by atoms with E-state index in [0.29, 0.717) is 0 Å². The Kier molecular flexibility index (Phi) is 3.94. The second-order valence-electron chi connectivity index (χ2n) is 4.96. The van der Waals surface area contributed by atoms with Gasteiger partial charge in [-0.05, 0) is 17.0 Å². The second-order valence-corrected chi connectivity index (χ2v) is 4.96. The molecule has 0 aromatic heterocycles. The summed E-state index contributed by atoms with van der Waals surface area (Å²) in [5.41, 5.74) is 7.87. The normalized spacial score (nSPS) is 13.6. The summed E-state index contributed by atoms with van der Waals surface area (Å²) in [7, 11) is 1.65. The molecule has 16 heavy (non-hydrogen) atoms. The molecule has 0 radical (unpaired) electrons. The van der Waals surface area contributed by atoms with Crippen LogP contribution in [0.25, 0.3) is 0 Å². The number of nitrogens with two attached hydrogens (primary N) is 1. The van der Waals surface area contributed by atoms with Crippen LogP contribution >= 0.6 is 0 Å². The van der Waals surface area contributed by atoms with Gasteiger partial charge in [-0.2, -0.15) is 0 Å². The van der Waals surface area contributed by atoms with Crippen LogP contribution in [-0.4, -0.2) is 18.8 Å². The monoisotopic (exact) mass is 223 g/mol. The zero-order chi connectivity index (χ0) is 12.3. The van der Waals surface area contributed by atoms with Gasteiger partial charge in [0.05, 0.1) is 19.8 Å². The van der Waals surface area contributed by atoms with Gasteiger partial charge in [-0.1, -0.05) is 32.9 Å². The third kappa shape index (κ3) is 2.54. The average molecular weight is 223 g/mol. The van der Waals surface area contributed by atoms with Gasteiger partial charge in [0, 0.05) is 5.56 Å². The van der Waals surface area contributed by atoms with Crippen LogP contribution in [0.1, 0.15) is 37.9 Å². The maximum atomic E-state index is 9.18. The van der Waals surface area contributed by atoms with Gasteiger partial charge in [-0.3, -0.25) is 0 Å². The van der Waals surface area contributed by atoms with Crippen molar-refractivity contribution in [3.05, 3.63) is 29.3 Å². The van der Waals surface area contributed by atoms with Crippen molar-refractivity contribution in [3.8, 4) is 5.75 Å². The molecule has 1 unspecified atom stereocenters. The molecule has 0 amide bonds. The summed E-state index contributed by atoms with van der Waals surface area (Å²) in [6.07, 6.45) is 0. The van der Waals surface area contributed by atoms with Crippen molar-refractivity contribution in [3.63, 3.8) is 0 Å². The van der Waals surface area contributed by atoms with Gasteiger partial charge < -0.3 is 15.6 Å². The van der Waals surface area contributed by atoms with Crippen LogP contribution in [-0.2, 0) is 5.41 Å². The minimum Gasteiger partial charge on any atom is -0.496 e. The van der Waals surface area contributed by atoms with Gasteiger partial charge in [0.25, 0.3) is 0 Å². The lowest BCUT2D eigenvalue weighted by Crippen LogP contribution is -2.22. The topological polar surface area (TPSA) is 55.5 Å². The molecule has 0 bridgehead atoms. The minimum absolute atomic E-state index is 0.0593. The molecule has 0 saturated heterocycles. The highest BCUT2D eigenvalue weighted by atomic mass is 16.5. The summed E-state index contributed by atoms with van der Waals surface area (Å²) in [6.45, 7) is 6.27. The third-order valence-corrected chi connectivity index (χ3v) is 2.62. The molecular formula is C13H21NO2. The first-order chi connectivity index (χ1) is 7.41. The van der Waals surface area contributed by atoms with E-state index in [9.17, 15) is 5.11 Å². The molecule has 0 spiro atoms. The zero-order valence-corrected chi connectivity index (χ0v) is 10.4. The summed E-state index contributed by atoms with van der Waals surface area (Å²) in [5.74, 6) is 0.828. The van der Waals surface area contributed by atoms with E-state index in [4.69, 9.17) is 10.5 Å². The fraction of sp³-hybridized carbons (Fsp3) is 0.538. The fourth-order valence-corrected chi connectivity index (χ4v) is 1.93. The zero-order valence-electron chi connectivity index (χ0n) is 10.4. The minimum atomic E-state index is -0.357. The van der Waals surface area contributed by atoms with Crippen molar-refractivity contribution in [2.24, 2.45) is 5.73 Å². The van der Waals surface area contributed by atoms with Crippen LogP contribution in [0.15, 0.2) is 18.2 Å². The SMILES string of the molecule is COc1cccc(C(N)CO)c1C(C)(C)C. The van der Waals surface area contributed by atoms with Crippen molar-refractivity contribution in [1.29, 1.82) is 0 Å². The molecule has 3 N–H and O–H groups in total. The lowest BCUT2D eigenvalue weighted by atomic mass is 9.81. The number of ether oxygens (including phenoxy) is 1. The Bertz CT molecular complexity index is 355. The van der Waals surface area contributed by atoms with Gasteiger partial charge in [0.15, 0.2) is 0 Å². The van der Waals surface area contributed by atoms with Crippen LogP contribution in [0, 0.1) is 0 Å². The van der Waals surface area contributed by atoms with Crippen molar-refractivity contribution in [2.45, 2.75) is 32.2 Å². The number of methoxy groups -OCH3 is 1. The van der Waals surface area contributed by atoms with Crippen molar-refractivity contribution >= 4 is 0 Å². The maximum Gasteiger partial charge on any atom is 0.122 e. The molecule has 3 heteroatoms. The van der Waals surface area contributed by atoms with Crippen LogP contribution in [0.2, 0.25) is 0 Å². The van der Waals surface area contributed by atoms with Crippen LogP contribution in [0.5, 0.6) is 5.75 Å². The maximum absolute atomic E-state index is 9.18. The van der Waals surface area contributed by atoms with Gasteiger partial charge >= 0.3 is 0 Å². The number of hydrogen-bond acceptors (Lipinski definition) is 3. The summed E-state index contributed by atoms with van der Waals surface area (Å²) < 4.78 is 5.37. The van der Waals surface area contributed by atoms with Crippen molar-refractivity contribution in [2.75, 3.05) is 13.7 Å². The van der Waals surface area contributed by atoms with E-state index in [1.165, 1.54) is 0 Å². The largest absolute Gasteiger partial charge is 0.496 e. The molecule has 0 aliphatic carbocycles. The molecular weight excluding hydrogens is 202 g/mol. The van der Waals surface area contributed by atoms with E-state index in [1.807, 2.05) is 18.2 Å². The Morgan fingerprint density at radius 1 is 1.38 bits per heavy atom. The quantitative estimate of drug-likeness (QED) is 0.824. The van der Waals surface area contributed by atoms with E-state index >= 15 is 0 Å². The molecule has 1 aromatic carbocycles. The predicted molar refractivity (Wildman–Crippen MR) is 65.7 cm³/mol. The Balaban J connectivity index is 3.38. The number of rotatable bonds is 3. The average Bonchev–Trinajstić information content (AvgIpc) is 2.25. The molecule has 1 rings (SSSR count). The van der Waals surface area contributed by atoms with Crippen LogP contribution in [0.3, 0.4) is 0 Å². The Morgan fingerprint density at radius 2 is 2.00 bits per heavy atom. The molecule has 0 aliphatic heterocycles.